The first-order valence-electron chi connectivity index (χ1n) is 8.44. The van der Waals surface area contributed by atoms with Crippen molar-refractivity contribution in [2.24, 2.45) is 0 Å². The fourth-order valence-electron chi connectivity index (χ4n) is 2.68. The molecule has 2 rings (SSSR count). The molecule has 1 atom stereocenters. The molecule has 0 spiro atoms. The standard InChI is InChI=1S/C20H20BrCl2F3S2/c1-18(2,3)28-17-5-4-12(8-16(17)21)6-7-19(27,20(24,25)26)13-9-14(22)11-15(23)10-13/h4-5,8-11,27H,6-7H2,1-3H3. The van der Waals surface area contributed by atoms with E-state index in [1.807, 2.05) is 18.2 Å². The summed E-state index contributed by atoms with van der Waals surface area (Å²) in [4.78, 5) is 1.05. The van der Waals surface area contributed by atoms with Gasteiger partial charge in [-0.1, -0.05) is 50.0 Å². The van der Waals surface area contributed by atoms with E-state index >= 15 is 0 Å². The molecule has 0 aliphatic rings. The number of thioether (sulfide) groups is 1. The van der Waals surface area contributed by atoms with Crippen LogP contribution in [0.2, 0.25) is 10.0 Å². The van der Waals surface area contributed by atoms with Gasteiger partial charge in [-0.25, -0.2) is 0 Å². The normalized spacial score (nSPS) is 14.8. The van der Waals surface area contributed by atoms with Gasteiger partial charge in [0.2, 0.25) is 0 Å². The molecule has 28 heavy (non-hydrogen) atoms. The van der Waals surface area contributed by atoms with Gasteiger partial charge >= 0.3 is 6.18 Å². The van der Waals surface area contributed by atoms with Crippen LogP contribution >= 0.6 is 63.5 Å². The summed E-state index contributed by atoms with van der Waals surface area (Å²) in [6.07, 6.45) is -4.61. The number of thiol groups is 1. The van der Waals surface area contributed by atoms with Gasteiger partial charge in [0.1, 0.15) is 4.75 Å². The van der Waals surface area contributed by atoms with Gasteiger partial charge in [-0.2, -0.15) is 25.8 Å². The molecule has 2 aromatic carbocycles. The minimum atomic E-state index is -4.57. The summed E-state index contributed by atoms with van der Waals surface area (Å²) in [5, 5.41) is 0.299. The maximum Gasteiger partial charge on any atom is 0.406 e. The largest absolute Gasteiger partial charge is 0.406 e. The van der Waals surface area contributed by atoms with E-state index in [-0.39, 0.29) is 33.2 Å². The van der Waals surface area contributed by atoms with Crippen molar-refractivity contribution in [3.63, 3.8) is 0 Å². The monoisotopic (exact) mass is 530 g/mol. The predicted molar refractivity (Wildman–Crippen MR) is 121 cm³/mol. The lowest BCUT2D eigenvalue weighted by Crippen LogP contribution is -2.37. The summed E-state index contributed by atoms with van der Waals surface area (Å²) < 4.78 is 40.3. The van der Waals surface area contributed by atoms with Gasteiger partial charge in [0, 0.05) is 24.2 Å². The lowest BCUT2D eigenvalue weighted by atomic mass is 9.90. The molecule has 0 amide bonds. The van der Waals surface area contributed by atoms with Crippen molar-refractivity contribution in [2.75, 3.05) is 0 Å². The third kappa shape index (κ3) is 6.24. The summed E-state index contributed by atoms with van der Waals surface area (Å²) in [6, 6.07) is 9.59. The number of rotatable bonds is 5. The zero-order valence-electron chi connectivity index (χ0n) is 15.5. The Morgan fingerprint density at radius 2 is 1.57 bits per heavy atom. The lowest BCUT2D eigenvalue weighted by molar-refractivity contribution is -0.163. The molecule has 154 valence electrons. The molecule has 0 bridgehead atoms. The van der Waals surface area contributed by atoms with Crippen LogP contribution in [-0.4, -0.2) is 10.9 Å². The molecule has 1 unspecified atom stereocenters. The quantitative estimate of drug-likeness (QED) is 0.296. The van der Waals surface area contributed by atoms with E-state index in [2.05, 4.69) is 49.3 Å². The van der Waals surface area contributed by atoms with E-state index < -0.39 is 10.9 Å². The second kappa shape index (κ2) is 9.01. The Kier molecular flexibility index (Phi) is 7.80. The number of benzene rings is 2. The molecule has 0 aromatic heterocycles. The van der Waals surface area contributed by atoms with Crippen LogP contribution < -0.4 is 0 Å². The molecule has 0 N–H and O–H groups in total. The predicted octanol–water partition coefficient (Wildman–Crippen LogP) is 8.97. The van der Waals surface area contributed by atoms with Crippen LogP contribution in [0.1, 0.15) is 38.3 Å². The van der Waals surface area contributed by atoms with Crippen molar-refractivity contribution in [3.8, 4) is 0 Å². The van der Waals surface area contributed by atoms with Crippen molar-refractivity contribution >= 4 is 63.5 Å². The second-order valence-electron chi connectivity index (χ2n) is 7.50. The Morgan fingerprint density at radius 1 is 1.00 bits per heavy atom. The number of hydrogen-bond acceptors (Lipinski definition) is 2. The summed E-state index contributed by atoms with van der Waals surface area (Å²) in [7, 11) is 0. The Balaban J connectivity index is 2.29. The van der Waals surface area contributed by atoms with Crippen molar-refractivity contribution in [1.29, 1.82) is 0 Å². The van der Waals surface area contributed by atoms with E-state index in [0.29, 0.717) is 0 Å². The van der Waals surface area contributed by atoms with Gasteiger partial charge in [0.15, 0.2) is 0 Å². The minimum absolute atomic E-state index is 0.0341. The van der Waals surface area contributed by atoms with Crippen LogP contribution in [0.25, 0.3) is 0 Å². The van der Waals surface area contributed by atoms with Crippen LogP contribution in [-0.2, 0) is 11.2 Å². The molecule has 0 fully saturated rings. The summed E-state index contributed by atoms with van der Waals surface area (Å²) in [5.74, 6) is 0. The number of alkyl halides is 3. The van der Waals surface area contributed by atoms with Gasteiger partial charge in [-0.05, 0) is 70.2 Å². The van der Waals surface area contributed by atoms with Crippen LogP contribution in [0, 0.1) is 0 Å². The molecule has 0 radical (unpaired) electrons. The molecule has 0 aliphatic heterocycles. The third-order valence-corrected chi connectivity index (χ3v) is 7.28. The summed E-state index contributed by atoms with van der Waals surface area (Å²) >= 11 is 21.1. The highest BCUT2D eigenvalue weighted by atomic mass is 79.9. The van der Waals surface area contributed by atoms with Gasteiger partial charge in [0.25, 0.3) is 0 Å². The SMILES string of the molecule is CC(C)(C)Sc1ccc(CCC(S)(c2cc(Cl)cc(Cl)c2)C(F)(F)F)cc1Br. The Hall–Kier alpha value is -0.0100. The maximum atomic E-state index is 13.9. The van der Waals surface area contributed by atoms with Crippen LogP contribution in [0.4, 0.5) is 13.2 Å². The maximum absolute atomic E-state index is 13.9. The number of hydrogen-bond donors (Lipinski definition) is 1. The fraction of sp³-hybridized carbons (Fsp3) is 0.400. The zero-order valence-corrected chi connectivity index (χ0v) is 20.3. The van der Waals surface area contributed by atoms with E-state index in [1.165, 1.54) is 18.2 Å². The van der Waals surface area contributed by atoms with Crippen molar-refractivity contribution < 1.29 is 13.2 Å². The molecule has 2 aromatic rings. The van der Waals surface area contributed by atoms with E-state index in [4.69, 9.17) is 23.2 Å². The molecular weight excluding hydrogens is 512 g/mol. The first-order valence-corrected chi connectivity index (χ1v) is 11.3. The number of aryl methyl sites for hydroxylation is 1. The molecular formula is C20H20BrCl2F3S2. The second-order valence-corrected chi connectivity index (χ2v) is 11.9. The lowest BCUT2D eigenvalue weighted by Gasteiger charge is -2.32. The molecule has 8 heteroatoms. The average molecular weight is 532 g/mol. The van der Waals surface area contributed by atoms with E-state index in [9.17, 15) is 13.2 Å². The van der Waals surface area contributed by atoms with E-state index in [0.717, 1.165) is 14.9 Å². The highest BCUT2D eigenvalue weighted by Crippen LogP contribution is 2.49. The number of halogens is 6. The molecule has 0 nitrogen and oxygen atoms in total. The first-order chi connectivity index (χ1) is 12.7. The van der Waals surface area contributed by atoms with Gasteiger partial charge in [-0.3, -0.25) is 0 Å². The van der Waals surface area contributed by atoms with Crippen molar-refractivity contribution in [1.82, 2.24) is 0 Å². The molecule has 0 saturated heterocycles. The fourth-order valence-corrected chi connectivity index (χ4v) is 5.07. The minimum Gasteiger partial charge on any atom is -0.169 e. The topological polar surface area (TPSA) is 0 Å². The average Bonchev–Trinajstić information content (AvgIpc) is 2.51. The van der Waals surface area contributed by atoms with Gasteiger partial charge < -0.3 is 0 Å². The summed E-state index contributed by atoms with van der Waals surface area (Å²) in [5.41, 5.74) is 0.737. The van der Waals surface area contributed by atoms with E-state index in [1.54, 1.807) is 11.8 Å². The third-order valence-electron chi connectivity index (χ3n) is 4.00. The molecule has 0 heterocycles. The first kappa shape index (κ1) is 24.3. The van der Waals surface area contributed by atoms with Gasteiger partial charge in [-0.15, -0.1) is 11.8 Å². The Morgan fingerprint density at radius 3 is 2.04 bits per heavy atom. The Bertz CT molecular complexity index is 830. The van der Waals surface area contributed by atoms with Crippen molar-refractivity contribution in [3.05, 3.63) is 62.0 Å². The van der Waals surface area contributed by atoms with Crippen LogP contribution in [0.5, 0.6) is 0 Å². The van der Waals surface area contributed by atoms with Crippen LogP contribution in [0.15, 0.2) is 45.8 Å². The Labute approximate surface area is 192 Å². The molecule has 0 aliphatic carbocycles. The highest BCUT2D eigenvalue weighted by molar-refractivity contribution is 9.10. The zero-order chi connectivity index (χ0) is 21.3. The summed E-state index contributed by atoms with van der Waals surface area (Å²) in [6.45, 7) is 6.31. The van der Waals surface area contributed by atoms with Crippen LogP contribution in [0.3, 0.4) is 0 Å². The van der Waals surface area contributed by atoms with Crippen molar-refractivity contribution in [2.45, 2.75) is 54.2 Å². The smallest absolute Gasteiger partial charge is 0.169 e. The highest BCUT2D eigenvalue weighted by Gasteiger charge is 2.53. The molecule has 0 saturated carbocycles. The van der Waals surface area contributed by atoms with Gasteiger partial charge in [0.05, 0.1) is 0 Å².